The normalized spacial score (nSPS) is 12.7. The lowest BCUT2D eigenvalue weighted by molar-refractivity contribution is 0.768. The molecule has 10 aromatic carbocycles. The molecule has 0 aliphatic heterocycles. The van der Waals surface area contributed by atoms with E-state index in [4.69, 9.17) is 15.0 Å². The Hall–Kier alpha value is -8.01. The largest absolute Gasteiger partial charge is 0.208 e. The summed E-state index contributed by atoms with van der Waals surface area (Å²) in [6.45, 7) is 0. The molecule has 11 aromatic rings. The van der Waals surface area contributed by atoms with Gasteiger partial charge in [-0.1, -0.05) is 212 Å². The van der Waals surface area contributed by atoms with Crippen molar-refractivity contribution in [2.45, 2.75) is 5.41 Å². The number of aromatic nitrogens is 3. The lowest BCUT2D eigenvalue weighted by Gasteiger charge is -2.34. The van der Waals surface area contributed by atoms with Crippen molar-refractivity contribution < 1.29 is 0 Å². The van der Waals surface area contributed by atoms with Crippen molar-refractivity contribution in [2.75, 3.05) is 0 Å². The van der Waals surface area contributed by atoms with Crippen molar-refractivity contribution in [2.24, 2.45) is 0 Å². The van der Waals surface area contributed by atoms with Gasteiger partial charge in [-0.25, -0.2) is 15.0 Å². The summed E-state index contributed by atoms with van der Waals surface area (Å²) in [6, 6.07) is 80.8. The summed E-state index contributed by atoms with van der Waals surface area (Å²) in [5.74, 6) is 1.95. The second-order valence-electron chi connectivity index (χ2n) is 15.9. The third-order valence-corrected chi connectivity index (χ3v) is 12.6. The van der Waals surface area contributed by atoms with Crippen LogP contribution in [-0.2, 0) is 5.41 Å². The molecule has 0 saturated carbocycles. The third-order valence-electron chi connectivity index (χ3n) is 12.6. The van der Waals surface area contributed by atoms with Crippen LogP contribution in [0.1, 0.15) is 22.3 Å². The zero-order chi connectivity index (χ0) is 40.3. The summed E-state index contributed by atoms with van der Waals surface area (Å²) in [5.41, 5.74) is 12.5. The van der Waals surface area contributed by atoms with Crippen LogP contribution in [0.3, 0.4) is 0 Å². The number of nitrogens with zero attached hydrogens (tertiary/aromatic N) is 3. The van der Waals surface area contributed by atoms with Crippen LogP contribution in [0.15, 0.2) is 224 Å². The molecule has 3 heteroatoms. The van der Waals surface area contributed by atoms with Crippen molar-refractivity contribution in [3.8, 4) is 56.4 Å². The molecule has 3 nitrogen and oxygen atoms in total. The second-order valence-corrected chi connectivity index (χ2v) is 15.9. The summed E-state index contributed by atoms with van der Waals surface area (Å²) in [7, 11) is 0. The Morgan fingerprint density at radius 1 is 0.262 bits per heavy atom. The van der Waals surface area contributed by atoms with Gasteiger partial charge in [0.2, 0.25) is 0 Å². The van der Waals surface area contributed by atoms with E-state index in [1.165, 1.54) is 71.4 Å². The van der Waals surface area contributed by atoms with Crippen LogP contribution in [-0.4, -0.2) is 15.0 Å². The van der Waals surface area contributed by atoms with Gasteiger partial charge in [0.1, 0.15) is 0 Å². The minimum atomic E-state index is -0.462. The number of benzene rings is 10. The Morgan fingerprint density at radius 2 is 0.672 bits per heavy atom. The van der Waals surface area contributed by atoms with Gasteiger partial charge in [-0.05, 0) is 89.0 Å². The van der Waals surface area contributed by atoms with E-state index in [0.717, 1.165) is 22.1 Å². The molecule has 1 aliphatic rings. The first-order chi connectivity index (χ1) is 30.3. The van der Waals surface area contributed by atoms with Crippen molar-refractivity contribution in [1.82, 2.24) is 15.0 Å². The highest BCUT2D eigenvalue weighted by Gasteiger charge is 2.46. The minimum Gasteiger partial charge on any atom is -0.208 e. The molecule has 284 valence electrons. The van der Waals surface area contributed by atoms with Crippen LogP contribution in [0.25, 0.3) is 88.7 Å². The van der Waals surface area contributed by atoms with Gasteiger partial charge in [-0.3, -0.25) is 0 Å². The molecule has 0 radical (unpaired) electrons. The smallest absolute Gasteiger partial charge is 0.164 e. The average molecular weight is 776 g/mol. The predicted octanol–water partition coefficient (Wildman–Crippen LogP) is 14.4. The highest BCUT2D eigenvalue weighted by molar-refractivity contribution is 6.26. The molecule has 61 heavy (non-hydrogen) atoms. The van der Waals surface area contributed by atoms with Crippen molar-refractivity contribution in [3.63, 3.8) is 0 Å². The molecular weight excluding hydrogens is 739 g/mol. The number of hydrogen-bond donors (Lipinski definition) is 0. The second kappa shape index (κ2) is 14.1. The van der Waals surface area contributed by atoms with E-state index in [1.54, 1.807) is 0 Å². The molecule has 1 heterocycles. The summed E-state index contributed by atoms with van der Waals surface area (Å²) in [6.07, 6.45) is 0. The van der Waals surface area contributed by atoms with Crippen LogP contribution in [0.5, 0.6) is 0 Å². The first kappa shape index (κ1) is 35.0. The molecule has 0 fully saturated rings. The first-order valence-electron chi connectivity index (χ1n) is 20.9. The highest BCUT2D eigenvalue weighted by atomic mass is 15.0. The van der Waals surface area contributed by atoms with Crippen molar-refractivity contribution >= 4 is 32.3 Å². The Balaban J connectivity index is 1.08. The van der Waals surface area contributed by atoms with Gasteiger partial charge in [0.05, 0.1) is 5.41 Å². The third kappa shape index (κ3) is 5.48. The zero-order valence-electron chi connectivity index (χ0n) is 33.2. The van der Waals surface area contributed by atoms with Crippen LogP contribution < -0.4 is 0 Å². The SMILES string of the molecule is c1ccc(-c2nc(-c3ccccc3)nc(-c3ccc4c5ccccc5c5cc(-c6cccc7c6-c6ccccc6C7(c6ccccc6)c6ccccc6)ccc5c4c3)n2)cc1. The van der Waals surface area contributed by atoms with Gasteiger partial charge in [0.15, 0.2) is 17.5 Å². The van der Waals surface area contributed by atoms with Gasteiger partial charge in [-0.15, -0.1) is 0 Å². The Bertz CT molecular complexity index is 3360. The predicted molar refractivity (Wildman–Crippen MR) is 251 cm³/mol. The Kier molecular flexibility index (Phi) is 8.07. The van der Waals surface area contributed by atoms with E-state index in [-0.39, 0.29) is 0 Å². The van der Waals surface area contributed by atoms with Crippen LogP contribution in [0.4, 0.5) is 0 Å². The van der Waals surface area contributed by atoms with Crippen LogP contribution in [0, 0.1) is 0 Å². The fraction of sp³-hybridized carbons (Fsp3) is 0.0172. The van der Waals surface area contributed by atoms with E-state index in [2.05, 4.69) is 188 Å². The van der Waals surface area contributed by atoms with Crippen molar-refractivity contribution in [1.29, 1.82) is 0 Å². The lowest BCUT2D eigenvalue weighted by atomic mass is 9.67. The van der Waals surface area contributed by atoms with Gasteiger partial charge in [0, 0.05) is 16.7 Å². The molecule has 0 atom stereocenters. The zero-order valence-corrected chi connectivity index (χ0v) is 33.2. The van der Waals surface area contributed by atoms with E-state index in [0.29, 0.717) is 17.5 Å². The molecule has 0 spiro atoms. The molecule has 0 saturated heterocycles. The monoisotopic (exact) mass is 775 g/mol. The topological polar surface area (TPSA) is 38.7 Å². The molecule has 0 unspecified atom stereocenters. The van der Waals surface area contributed by atoms with Gasteiger partial charge >= 0.3 is 0 Å². The molecular formula is C58H37N3. The molecule has 0 amide bonds. The first-order valence-corrected chi connectivity index (χ1v) is 20.9. The van der Waals surface area contributed by atoms with E-state index < -0.39 is 5.41 Å². The van der Waals surface area contributed by atoms with E-state index >= 15 is 0 Å². The number of fused-ring (bicyclic) bond motifs is 9. The highest BCUT2D eigenvalue weighted by Crippen LogP contribution is 2.58. The average Bonchev–Trinajstić information content (AvgIpc) is 3.66. The number of rotatable bonds is 6. The maximum Gasteiger partial charge on any atom is 0.164 e. The lowest BCUT2D eigenvalue weighted by Crippen LogP contribution is -2.28. The Morgan fingerprint density at radius 3 is 1.28 bits per heavy atom. The minimum absolute atomic E-state index is 0.462. The standard InChI is InChI=1S/C58H37N3/c1-5-18-38(19-6-1)55-59-56(39-20-7-2-8-21-39)61-57(60-55)41-33-35-47-45-26-13-14-27-46(45)50-36-40(32-34-48(50)51(47)37-41)44-29-17-31-53-54(44)49-28-15-16-30-52(49)58(53,42-22-9-3-10-23-42)43-24-11-4-12-25-43/h1-37H. The summed E-state index contributed by atoms with van der Waals surface area (Å²) in [5, 5.41) is 7.21. The van der Waals surface area contributed by atoms with Crippen LogP contribution in [0.2, 0.25) is 0 Å². The molecule has 12 rings (SSSR count). The molecule has 0 N–H and O–H groups in total. The fourth-order valence-corrected chi connectivity index (χ4v) is 9.93. The molecule has 0 bridgehead atoms. The fourth-order valence-electron chi connectivity index (χ4n) is 9.93. The number of hydrogen-bond acceptors (Lipinski definition) is 3. The molecule has 1 aliphatic carbocycles. The summed E-state index contributed by atoms with van der Waals surface area (Å²) >= 11 is 0. The maximum atomic E-state index is 5.09. The molecule has 1 aromatic heterocycles. The van der Waals surface area contributed by atoms with Crippen molar-refractivity contribution in [3.05, 3.63) is 247 Å². The summed E-state index contributed by atoms with van der Waals surface area (Å²) in [4.78, 5) is 15.1. The van der Waals surface area contributed by atoms with E-state index in [9.17, 15) is 0 Å². The Labute approximate surface area is 354 Å². The van der Waals surface area contributed by atoms with Gasteiger partial charge in [0.25, 0.3) is 0 Å². The van der Waals surface area contributed by atoms with Crippen LogP contribution >= 0.6 is 0 Å². The van der Waals surface area contributed by atoms with E-state index in [1.807, 2.05) is 36.4 Å². The quantitative estimate of drug-likeness (QED) is 0.158. The van der Waals surface area contributed by atoms with Gasteiger partial charge < -0.3 is 0 Å². The van der Waals surface area contributed by atoms with Gasteiger partial charge in [-0.2, -0.15) is 0 Å². The maximum absolute atomic E-state index is 5.09. The summed E-state index contributed by atoms with van der Waals surface area (Å²) < 4.78 is 0.